The van der Waals surface area contributed by atoms with Gasteiger partial charge in [-0.25, -0.2) is 9.78 Å². The van der Waals surface area contributed by atoms with E-state index in [4.69, 9.17) is 18.9 Å². The van der Waals surface area contributed by atoms with Gasteiger partial charge in [0, 0.05) is 48.2 Å². The number of aryl methyl sites for hydroxylation is 1. The molecular formula is C47H54N3O13+. The van der Waals surface area contributed by atoms with Crippen LogP contribution in [0.3, 0.4) is 0 Å². The number of aliphatic hydroxyl groups is 5. The molecule has 1 saturated heterocycles. The zero-order valence-electron chi connectivity index (χ0n) is 35.2. The lowest BCUT2D eigenvalue weighted by atomic mass is 9.72. The van der Waals surface area contributed by atoms with Crippen molar-refractivity contribution in [2.75, 3.05) is 26.3 Å². The van der Waals surface area contributed by atoms with E-state index in [-0.39, 0.29) is 35.2 Å². The fourth-order valence-corrected chi connectivity index (χ4v) is 10.5. The third kappa shape index (κ3) is 7.61. The van der Waals surface area contributed by atoms with Gasteiger partial charge in [-0.3, -0.25) is 19.5 Å². The van der Waals surface area contributed by atoms with Crippen molar-refractivity contribution >= 4 is 39.6 Å². The number of fused-ring (bicyclic) bond motifs is 4. The first-order valence-electron chi connectivity index (χ1n) is 21.6. The quantitative estimate of drug-likeness (QED) is 0.0653. The monoisotopic (exact) mass is 868 g/mol. The van der Waals surface area contributed by atoms with E-state index in [1.165, 1.54) is 36.4 Å². The lowest BCUT2D eigenvalue weighted by Gasteiger charge is -2.43. The second kappa shape index (κ2) is 16.4. The number of amides is 1. The van der Waals surface area contributed by atoms with E-state index in [1.807, 2.05) is 19.2 Å². The summed E-state index contributed by atoms with van der Waals surface area (Å²) in [7, 11) is 0. The number of hydrogen-bond donors (Lipinski definition) is 9. The van der Waals surface area contributed by atoms with Gasteiger partial charge in [0.2, 0.25) is 17.2 Å². The Morgan fingerprint density at radius 1 is 1.05 bits per heavy atom. The van der Waals surface area contributed by atoms with Gasteiger partial charge in [0.25, 0.3) is 0 Å². The van der Waals surface area contributed by atoms with E-state index < -0.39 is 60.7 Å². The highest BCUT2D eigenvalue weighted by molar-refractivity contribution is 5.92. The van der Waals surface area contributed by atoms with Gasteiger partial charge >= 0.3 is 0 Å². The number of ether oxygens (including phenoxy) is 1. The van der Waals surface area contributed by atoms with Gasteiger partial charge in [-0.05, 0) is 92.8 Å². The number of nitrogens with zero attached hydrogens (tertiary/aromatic N) is 1. The Morgan fingerprint density at radius 2 is 1.84 bits per heavy atom. The van der Waals surface area contributed by atoms with Crippen LogP contribution < -0.4 is 20.4 Å². The molecule has 9 rings (SSSR count). The summed E-state index contributed by atoms with van der Waals surface area (Å²) in [6, 6.07) is 10.3. The number of phenolic OH excluding ortho intramolecular Hbond substituents is 2. The first-order chi connectivity index (χ1) is 30.1. The maximum Gasteiger partial charge on any atom is 0.226 e. The highest BCUT2D eigenvalue weighted by Crippen LogP contribution is 2.51. The minimum atomic E-state index is -2.40. The Morgan fingerprint density at radius 3 is 2.60 bits per heavy atom. The average molecular weight is 869 g/mol. The minimum absolute atomic E-state index is 0.0324. The van der Waals surface area contributed by atoms with E-state index in [9.17, 15) is 45.3 Å². The first-order valence-corrected chi connectivity index (χ1v) is 21.6. The third-order valence-electron chi connectivity index (χ3n) is 14.2. The number of aliphatic imine (C=N–C) groups is 1. The molecule has 1 aromatic heterocycles. The van der Waals surface area contributed by atoms with Crippen molar-refractivity contribution in [3.05, 3.63) is 93.1 Å². The second-order valence-electron chi connectivity index (χ2n) is 18.3. The fraction of sp³-hybridized carbons (Fsp3) is 0.468. The van der Waals surface area contributed by atoms with Crippen molar-refractivity contribution in [1.82, 2.24) is 5.32 Å². The van der Waals surface area contributed by atoms with Crippen LogP contribution in [0, 0.1) is 18.3 Å². The normalized spacial score (nSPS) is 26.0. The maximum absolute atomic E-state index is 13.6. The largest absolute Gasteiger partial charge is 0.508 e. The van der Waals surface area contributed by atoms with Gasteiger partial charge in [0.15, 0.2) is 11.2 Å². The van der Waals surface area contributed by atoms with Crippen molar-refractivity contribution in [2.45, 2.75) is 101 Å². The fourth-order valence-electron chi connectivity index (χ4n) is 10.5. The summed E-state index contributed by atoms with van der Waals surface area (Å²) < 4.78 is 13.5. The van der Waals surface area contributed by atoms with Crippen LogP contribution in [0.15, 0.2) is 80.2 Å². The molecule has 16 heteroatoms. The summed E-state index contributed by atoms with van der Waals surface area (Å²) in [5, 5.41) is 79.8. The predicted molar refractivity (Wildman–Crippen MR) is 229 cm³/mol. The number of aromatic hydroxyl groups is 2. The number of nitrogens with one attached hydrogen (secondary N) is 2. The number of benzene rings is 3. The van der Waals surface area contributed by atoms with Crippen LogP contribution in [0.2, 0.25) is 0 Å². The molecule has 5 aliphatic rings. The van der Waals surface area contributed by atoms with Gasteiger partial charge in [-0.2, -0.15) is 0 Å². The topological polar surface area (TPSA) is 245 Å². The summed E-state index contributed by atoms with van der Waals surface area (Å²) in [6.45, 7) is 2.99. The molecule has 1 spiro atoms. The SMILES string of the molecule is Cc1cc(=O)c2cc3c(c([NH+]4C=C5N=CC=C5C4)c2o1)OC(C)(CCC1CNC(=O)C12CCCC2)C(OOCC(O)(Cc1ccc(O)c2ccc(O)cc12)C(O)C(O)C(O)CO)C3. The zero-order chi connectivity index (χ0) is 44.4. The Bertz CT molecular complexity index is 2620. The van der Waals surface area contributed by atoms with Crippen LogP contribution in [0.4, 0.5) is 5.69 Å². The standard InChI is InChI=1S/C47H53N3O13/c1-25-15-36(54)33-16-28-17-38(63-60-24-47(59,43(57)40(56)37(55)23-51)19-26-5-8-35(53)31-7-6-30(52)18-32(26)31)45(2,13-9-29-20-49-44(58)46(29)11-3-4-12-46)62-41(28)39(42(33)61-25)50-21-27-10-14-48-34(27)22-50/h5-8,10,14-16,18,22,29,37-38,40,43,51-53,55-57,59H,3-4,9,11-13,17,19-21,23-24H2,1-2H3,(H,49,58)/p+1. The summed E-state index contributed by atoms with van der Waals surface area (Å²) in [5.41, 5.74) is -0.394. The summed E-state index contributed by atoms with van der Waals surface area (Å²) in [5.74, 6) is 0.849. The summed E-state index contributed by atoms with van der Waals surface area (Å²) >= 11 is 0. The second-order valence-corrected chi connectivity index (χ2v) is 18.3. The van der Waals surface area contributed by atoms with Crippen LogP contribution in [0.5, 0.6) is 17.2 Å². The summed E-state index contributed by atoms with van der Waals surface area (Å²) in [6.07, 6.45) is 3.09. The number of quaternary nitrogens is 1. The van der Waals surface area contributed by atoms with E-state index >= 15 is 0 Å². The molecule has 1 aliphatic carbocycles. The molecule has 4 aliphatic heterocycles. The van der Waals surface area contributed by atoms with Crippen molar-refractivity contribution < 1.29 is 64.4 Å². The number of carbonyl (C=O) groups excluding carboxylic acids is 1. The Kier molecular flexibility index (Phi) is 11.2. The number of hydrogen-bond acceptors (Lipinski definition) is 14. The number of carbonyl (C=O) groups is 1. The molecule has 1 amide bonds. The van der Waals surface area contributed by atoms with Crippen molar-refractivity contribution in [2.24, 2.45) is 16.3 Å². The molecule has 1 saturated carbocycles. The van der Waals surface area contributed by atoms with Gasteiger partial charge in [-0.1, -0.05) is 18.9 Å². The van der Waals surface area contributed by atoms with Crippen molar-refractivity contribution in [3.8, 4) is 17.2 Å². The minimum Gasteiger partial charge on any atom is -0.508 e. The number of phenols is 2. The molecule has 0 radical (unpaired) electrons. The van der Waals surface area contributed by atoms with Gasteiger partial charge in [-0.15, -0.1) is 0 Å². The lowest BCUT2D eigenvalue weighted by molar-refractivity contribution is -0.763. The van der Waals surface area contributed by atoms with E-state index in [1.54, 1.807) is 19.2 Å². The van der Waals surface area contributed by atoms with E-state index in [0.717, 1.165) is 41.9 Å². The van der Waals surface area contributed by atoms with Crippen LogP contribution in [-0.4, -0.2) is 110 Å². The van der Waals surface area contributed by atoms with Crippen molar-refractivity contribution in [3.63, 3.8) is 0 Å². The van der Waals surface area contributed by atoms with Crippen molar-refractivity contribution in [1.29, 1.82) is 0 Å². The van der Waals surface area contributed by atoms with E-state index in [2.05, 4.69) is 10.3 Å². The molecule has 5 heterocycles. The molecular weight excluding hydrogens is 815 g/mol. The Hall–Kier alpha value is -5.17. The highest BCUT2D eigenvalue weighted by Gasteiger charge is 2.54. The molecule has 9 N–H and O–H groups in total. The first kappa shape index (κ1) is 43.1. The third-order valence-corrected chi connectivity index (χ3v) is 14.2. The number of aliphatic hydroxyl groups excluding tert-OH is 4. The number of rotatable bonds is 14. The van der Waals surface area contributed by atoms with Crippen LogP contribution >= 0.6 is 0 Å². The van der Waals surface area contributed by atoms with Gasteiger partial charge in [0.05, 0.1) is 17.4 Å². The molecule has 2 fully saturated rings. The highest BCUT2D eigenvalue weighted by atomic mass is 17.2. The maximum atomic E-state index is 13.6. The molecule has 63 heavy (non-hydrogen) atoms. The van der Waals surface area contributed by atoms with E-state index in [0.29, 0.717) is 76.0 Å². The summed E-state index contributed by atoms with van der Waals surface area (Å²) in [4.78, 5) is 44.5. The number of allylic oxidation sites excluding steroid dienone is 1. The smallest absolute Gasteiger partial charge is 0.226 e. The molecule has 16 nitrogen and oxygen atoms in total. The predicted octanol–water partition coefficient (Wildman–Crippen LogP) is 2.19. The lowest BCUT2D eigenvalue weighted by Crippen LogP contribution is -3.01. The van der Waals surface area contributed by atoms with Gasteiger partial charge in [0.1, 0.15) is 77.9 Å². The molecule has 334 valence electrons. The van der Waals surface area contributed by atoms with Crippen LogP contribution in [0.1, 0.15) is 62.3 Å². The molecule has 0 bridgehead atoms. The van der Waals surface area contributed by atoms with Crippen LogP contribution in [-0.2, 0) is 27.4 Å². The Labute approximate surface area is 362 Å². The van der Waals surface area contributed by atoms with Gasteiger partial charge < -0.3 is 50.2 Å². The van der Waals surface area contributed by atoms with Crippen LogP contribution in [0.25, 0.3) is 21.7 Å². The average Bonchev–Trinajstić information content (AvgIpc) is 4.07. The molecule has 4 aromatic rings. The molecule has 8 unspecified atom stereocenters. The molecule has 3 aromatic carbocycles. The molecule has 8 atom stereocenters. The zero-order valence-corrected chi connectivity index (χ0v) is 35.2. The Balaban J connectivity index is 1.08.